The lowest BCUT2D eigenvalue weighted by Crippen LogP contribution is -2.13. The standard InChI is InChI=1S/C18H15ClFNO2/c1-2-21-10-17(23-11-12-6-4-3-5-7-12)18(22)13-8-15(20)14(19)9-16(13)21/h3-10H,2,11H2,1H3. The van der Waals surface area contributed by atoms with Crippen LogP contribution in [0.2, 0.25) is 5.02 Å². The number of hydrogen-bond donors (Lipinski definition) is 0. The molecule has 0 radical (unpaired) electrons. The van der Waals surface area contributed by atoms with E-state index in [9.17, 15) is 9.18 Å². The van der Waals surface area contributed by atoms with E-state index in [2.05, 4.69) is 0 Å². The average molecular weight is 332 g/mol. The lowest BCUT2D eigenvalue weighted by Gasteiger charge is -2.13. The highest BCUT2D eigenvalue weighted by Crippen LogP contribution is 2.23. The van der Waals surface area contributed by atoms with E-state index in [4.69, 9.17) is 16.3 Å². The normalized spacial score (nSPS) is 10.9. The molecule has 1 heterocycles. The van der Waals surface area contributed by atoms with Crippen molar-refractivity contribution in [2.75, 3.05) is 0 Å². The molecule has 3 aromatic rings. The van der Waals surface area contributed by atoms with Crippen LogP contribution in [-0.4, -0.2) is 4.57 Å². The third-order valence-electron chi connectivity index (χ3n) is 3.67. The van der Waals surface area contributed by atoms with E-state index in [1.165, 1.54) is 12.1 Å². The molecule has 0 atom stereocenters. The minimum Gasteiger partial charge on any atom is -0.483 e. The first-order chi connectivity index (χ1) is 11.1. The second-order valence-electron chi connectivity index (χ2n) is 5.17. The molecule has 3 nitrogen and oxygen atoms in total. The van der Waals surface area contributed by atoms with Gasteiger partial charge in [-0.15, -0.1) is 0 Å². The molecular formula is C18H15ClFNO2. The first-order valence-corrected chi connectivity index (χ1v) is 7.67. The number of fused-ring (bicyclic) bond motifs is 1. The minimum absolute atomic E-state index is 0.00273. The molecule has 0 saturated heterocycles. The Kier molecular flexibility index (Phi) is 4.35. The molecule has 0 unspecified atom stereocenters. The van der Waals surface area contributed by atoms with Gasteiger partial charge in [0, 0.05) is 6.54 Å². The lowest BCUT2D eigenvalue weighted by molar-refractivity contribution is 0.301. The Morgan fingerprint density at radius 1 is 1.22 bits per heavy atom. The van der Waals surface area contributed by atoms with Crippen LogP contribution in [-0.2, 0) is 13.2 Å². The monoisotopic (exact) mass is 331 g/mol. The fourth-order valence-electron chi connectivity index (χ4n) is 2.46. The van der Waals surface area contributed by atoms with E-state index in [0.717, 1.165) is 5.56 Å². The molecule has 0 aliphatic carbocycles. The third-order valence-corrected chi connectivity index (χ3v) is 3.96. The van der Waals surface area contributed by atoms with E-state index < -0.39 is 5.82 Å². The summed E-state index contributed by atoms with van der Waals surface area (Å²) in [5.74, 6) is -0.413. The van der Waals surface area contributed by atoms with E-state index in [1.807, 2.05) is 41.8 Å². The third kappa shape index (κ3) is 3.08. The van der Waals surface area contributed by atoms with Crippen molar-refractivity contribution in [3.63, 3.8) is 0 Å². The van der Waals surface area contributed by atoms with Gasteiger partial charge in [0.25, 0.3) is 0 Å². The predicted octanol–water partition coefficient (Wildman–Crippen LogP) is 4.39. The van der Waals surface area contributed by atoms with Crippen molar-refractivity contribution in [1.29, 1.82) is 0 Å². The van der Waals surface area contributed by atoms with Crippen molar-refractivity contribution < 1.29 is 9.13 Å². The highest BCUT2D eigenvalue weighted by Gasteiger charge is 2.13. The molecule has 2 aromatic carbocycles. The van der Waals surface area contributed by atoms with Gasteiger partial charge in [0.05, 0.1) is 22.1 Å². The maximum Gasteiger partial charge on any atom is 0.231 e. The molecule has 5 heteroatoms. The van der Waals surface area contributed by atoms with Crippen LogP contribution in [0.3, 0.4) is 0 Å². The Bertz CT molecular complexity index is 906. The molecule has 0 spiro atoms. The van der Waals surface area contributed by atoms with E-state index in [0.29, 0.717) is 12.1 Å². The summed E-state index contributed by atoms with van der Waals surface area (Å²) in [6, 6.07) is 12.2. The molecule has 118 valence electrons. The van der Waals surface area contributed by atoms with Crippen LogP contribution in [0.4, 0.5) is 4.39 Å². The van der Waals surface area contributed by atoms with Gasteiger partial charge in [0.1, 0.15) is 12.4 Å². The fraction of sp³-hybridized carbons (Fsp3) is 0.167. The van der Waals surface area contributed by atoms with Crippen LogP contribution in [0, 0.1) is 5.82 Å². The van der Waals surface area contributed by atoms with Gasteiger partial charge in [0.15, 0.2) is 5.75 Å². The molecule has 0 saturated carbocycles. The minimum atomic E-state index is -0.612. The average Bonchev–Trinajstić information content (AvgIpc) is 2.57. The van der Waals surface area contributed by atoms with Crippen LogP contribution < -0.4 is 10.2 Å². The molecular weight excluding hydrogens is 317 g/mol. The molecule has 0 bridgehead atoms. The van der Waals surface area contributed by atoms with Crippen molar-refractivity contribution in [3.05, 3.63) is 75.3 Å². The number of rotatable bonds is 4. The number of halogens is 2. The van der Waals surface area contributed by atoms with Gasteiger partial charge in [-0.05, 0) is 24.6 Å². The molecule has 0 aliphatic rings. The number of pyridine rings is 1. The first-order valence-electron chi connectivity index (χ1n) is 7.29. The summed E-state index contributed by atoms with van der Waals surface area (Å²) < 4.78 is 21.2. The highest BCUT2D eigenvalue weighted by atomic mass is 35.5. The Morgan fingerprint density at radius 2 is 1.96 bits per heavy atom. The van der Waals surface area contributed by atoms with Crippen molar-refractivity contribution in [3.8, 4) is 5.75 Å². The Balaban J connectivity index is 2.05. The zero-order valence-corrected chi connectivity index (χ0v) is 13.3. The summed E-state index contributed by atoms with van der Waals surface area (Å²) in [4.78, 5) is 12.5. The van der Waals surface area contributed by atoms with Gasteiger partial charge in [-0.1, -0.05) is 41.9 Å². The fourth-order valence-corrected chi connectivity index (χ4v) is 2.62. The van der Waals surface area contributed by atoms with Crippen LogP contribution in [0.1, 0.15) is 12.5 Å². The summed E-state index contributed by atoms with van der Waals surface area (Å²) in [6.45, 7) is 2.82. The van der Waals surface area contributed by atoms with Crippen molar-refractivity contribution >= 4 is 22.5 Å². The quantitative estimate of drug-likeness (QED) is 0.710. The summed E-state index contributed by atoms with van der Waals surface area (Å²) in [7, 11) is 0. The van der Waals surface area contributed by atoms with Crippen LogP contribution in [0.25, 0.3) is 10.9 Å². The van der Waals surface area contributed by atoms with E-state index in [-0.39, 0.29) is 28.2 Å². The Hall–Kier alpha value is -2.33. The van der Waals surface area contributed by atoms with Crippen LogP contribution in [0.15, 0.2) is 53.5 Å². The summed E-state index contributed by atoms with van der Waals surface area (Å²) >= 11 is 5.83. The van der Waals surface area contributed by atoms with Gasteiger partial charge >= 0.3 is 0 Å². The van der Waals surface area contributed by atoms with Gasteiger partial charge in [0.2, 0.25) is 5.43 Å². The van der Waals surface area contributed by atoms with Crippen molar-refractivity contribution in [2.24, 2.45) is 0 Å². The Morgan fingerprint density at radius 3 is 2.65 bits per heavy atom. The topological polar surface area (TPSA) is 31.2 Å². The van der Waals surface area contributed by atoms with Crippen LogP contribution in [0.5, 0.6) is 5.75 Å². The van der Waals surface area contributed by atoms with E-state index >= 15 is 0 Å². The SMILES string of the molecule is CCn1cc(OCc2ccccc2)c(=O)c2cc(F)c(Cl)cc21. The molecule has 23 heavy (non-hydrogen) atoms. The summed E-state index contributed by atoms with van der Waals surface area (Å²) in [5, 5.41) is 0.261. The highest BCUT2D eigenvalue weighted by molar-refractivity contribution is 6.31. The number of aromatic nitrogens is 1. The number of benzene rings is 2. The molecule has 0 fully saturated rings. The van der Waals surface area contributed by atoms with E-state index in [1.54, 1.807) is 6.20 Å². The molecule has 0 amide bonds. The zero-order valence-electron chi connectivity index (χ0n) is 12.6. The van der Waals surface area contributed by atoms with Gasteiger partial charge in [-0.2, -0.15) is 0 Å². The number of nitrogens with zero attached hydrogens (tertiary/aromatic N) is 1. The number of ether oxygens (including phenoxy) is 1. The van der Waals surface area contributed by atoms with Gasteiger partial charge in [-0.3, -0.25) is 4.79 Å². The molecule has 3 rings (SSSR count). The van der Waals surface area contributed by atoms with Gasteiger partial charge < -0.3 is 9.30 Å². The Labute approximate surface area is 137 Å². The molecule has 0 N–H and O–H groups in total. The lowest BCUT2D eigenvalue weighted by atomic mass is 10.2. The summed E-state index contributed by atoms with van der Waals surface area (Å²) in [6.07, 6.45) is 1.64. The maximum atomic E-state index is 13.7. The van der Waals surface area contributed by atoms with Crippen LogP contribution >= 0.6 is 11.6 Å². The smallest absolute Gasteiger partial charge is 0.231 e. The first kappa shape index (κ1) is 15.6. The van der Waals surface area contributed by atoms with Crippen molar-refractivity contribution in [2.45, 2.75) is 20.1 Å². The number of hydrogen-bond acceptors (Lipinski definition) is 2. The maximum absolute atomic E-state index is 13.7. The van der Waals surface area contributed by atoms with Crippen molar-refractivity contribution in [1.82, 2.24) is 4.57 Å². The van der Waals surface area contributed by atoms with Gasteiger partial charge in [-0.25, -0.2) is 4.39 Å². The predicted molar refractivity (Wildman–Crippen MR) is 89.6 cm³/mol. The summed E-state index contributed by atoms with van der Waals surface area (Å²) in [5.41, 5.74) is 1.21. The molecule has 0 aliphatic heterocycles. The zero-order chi connectivity index (χ0) is 16.4. The second kappa shape index (κ2) is 6.42. The second-order valence-corrected chi connectivity index (χ2v) is 5.57. The number of aryl methyl sites for hydroxylation is 1. The molecule has 1 aromatic heterocycles. The largest absolute Gasteiger partial charge is 0.483 e.